The SMILES string of the molecule is CC(NCC(C)S(C)=O)c1ccc([N+](=O)[O-])cc1. The fourth-order valence-electron chi connectivity index (χ4n) is 1.46. The van der Waals surface area contributed by atoms with Crippen molar-refractivity contribution in [3.8, 4) is 0 Å². The van der Waals surface area contributed by atoms with Crippen molar-refractivity contribution >= 4 is 16.5 Å². The molecule has 0 amide bonds. The number of nitrogens with zero attached hydrogens (tertiary/aromatic N) is 1. The molecule has 1 aromatic carbocycles. The Hall–Kier alpha value is -1.27. The summed E-state index contributed by atoms with van der Waals surface area (Å²) in [5, 5.41) is 13.9. The minimum Gasteiger partial charge on any atom is -0.309 e. The highest BCUT2D eigenvalue weighted by Crippen LogP contribution is 2.17. The maximum atomic E-state index is 11.2. The molecule has 3 unspecified atom stereocenters. The molecule has 0 aliphatic rings. The third kappa shape index (κ3) is 4.19. The third-order valence-corrected chi connectivity index (χ3v) is 4.18. The molecule has 0 saturated heterocycles. The number of benzene rings is 1. The van der Waals surface area contributed by atoms with Gasteiger partial charge in [0.1, 0.15) is 0 Å². The minimum absolute atomic E-state index is 0.0804. The molecule has 100 valence electrons. The van der Waals surface area contributed by atoms with Crippen molar-refractivity contribution in [3.05, 3.63) is 39.9 Å². The molecule has 0 saturated carbocycles. The molecule has 0 aliphatic carbocycles. The van der Waals surface area contributed by atoms with Gasteiger partial charge in [0.2, 0.25) is 0 Å². The third-order valence-electron chi connectivity index (χ3n) is 2.88. The first-order valence-corrected chi connectivity index (χ1v) is 7.34. The zero-order valence-electron chi connectivity index (χ0n) is 10.8. The Kier molecular flexibility index (Phi) is 5.43. The average Bonchev–Trinajstić information content (AvgIpc) is 2.35. The molecule has 0 aliphatic heterocycles. The molecule has 0 fully saturated rings. The molecule has 1 rings (SSSR count). The highest BCUT2D eigenvalue weighted by atomic mass is 32.2. The summed E-state index contributed by atoms with van der Waals surface area (Å²) in [7, 11) is -0.845. The molecule has 1 aromatic rings. The van der Waals surface area contributed by atoms with Gasteiger partial charge in [-0.25, -0.2) is 0 Å². The molecule has 0 heterocycles. The summed E-state index contributed by atoms with van der Waals surface area (Å²) in [6, 6.07) is 6.55. The molecule has 0 spiro atoms. The first kappa shape index (κ1) is 14.8. The van der Waals surface area contributed by atoms with Crippen LogP contribution in [0.3, 0.4) is 0 Å². The molecule has 6 heteroatoms. The van der Waals surface area contributed by atoms with Gasteiger partial charge in [0.05, 0.1) is 4.92 Å². The van der Waals surface area contributed by atoms with Gasteiger partial charge in [-0.1, -0.05) is 12.1 Å². The lowest BCUT2D eigenvalue weighted by Crippen LogP contribution is -2.29. The average molecular weight is 270 g/mol. The lowest BCUT2D eigenvalue weighted by atomic mass is 10.1. The van der Waals surface area contributed by atoms with Gasteiger partial charge in [-0.2, -0.15) is 0 Å². The topological polar surface area (TPSA) is 72.2 Å². The first-order chi connectivity index (χ1) is 8.41. The Morgan fingerprint density at radius 1 is 1.33 bits per heavy atom. The van der Waals surface area contributed by atoms with E-state index in [-0.39, 0.29) is 17.0 Å². The molecule has 18 heavy (non-hydrogen) atoms. The van der Waals surface area contributed by atoms with Gasteiger partial charge < -0.3 is 5.32 Å². The second-order valence-corrected chi connectivity index (χ2v) is 6.09. The largest absolute Gasteiger partial charge is 0.309 e. The van der Waals surface area contributed by atoms with Crippen molar-refractivity contribution in [2.75, 3.05) is 12.8 Å². The number of non-ortho nitro benzene ring substituents is 1. The zero-order valence-corrected chi connectivity index (χ0v) is 11.6. The van der Waals surface area contributed by atoms with Crippen LogP contribution in [0.15, 0.2) is 24.3 Å². The van der Waals surface area contributed by atoms with Crippen LogP contribution in [0.1, 0.15) is 25.5 Å². The van der Waals surface area contributed by atoms with Gasteiger partial charge in [0.15, 0.2) is 0 Å². The predicted octanol–water partition coefficient (Wildman–Crippen LogP) is 2.01. The van der Waals surface area contributed by atoms with E-state index in [9.17, 15) is 14.3 Å². The number of hydrogen-bond acceptors (Lipinski definition) is 4. The quantitative estimate of drug-likeness (QED) is 0.634. The smallest absolute Gasteiger partial charge is 0.269 e. The Morgan fingerprint density at radius 3 is 2.33 bits per heavy atom. The number of nitrogens with one attached hydrogen (secondary N) is 1. The van der Waals surface area contributed by atoms with Crippen LogP contribution in [0.4, 0.5) is 5.69 Å². The standard InChI is InChI=1S/C12H18N2O3S/c1-9(18(3)17)8-13-10(2)11-4-6-12(7-5-11)14(15)16/h4-7,9-10,13H,8H2,1-3H3. The zero-order chi connectivity index (χ0) is 13.7. The van der Waals surface area contributed by atoms with Crippen LogP contribution < -0.4 is 5.32 Å². The van der Waals surface area contributed by atoms with E-state index in [1.165, 1.54) is 12.1 Å². The maximum absolute atomic E-state index is 11.2. The summed E-state index contributed by atoms with van der Waals surface area (Å²) < 4.78 is 11.2. The van der Waals surface area contributed by atoms with Crippen LogP contribution >= 0.6 is 0 Å². The van der Waals surface area contributed by atoms with Crippen LogP contribution in [0.5, 0.6) is 0 Å². The fourth-order valence-corrected chi connectivity index (χ4v) is 1.79. The molecular weight excluding hydrogens is 252 g/mol. The Balaban J connectivity index is 2.59. The minimum atomic E-state index is -0.845. The summed E-state index contributed by atoms with van der Waals surface area (Å²) >= 11 is 0. The second kappa shape index (κ2) is 6.61. The fraction of sp³-hybridized carbons (Fsp3) is 0.500. The number of hydrogen-bond donors (Lipinski definition) is 1. The van der Waals surface area contributed by atoms with E-state index in [0.29, 0.717) is 6.54 Å². The monoisotopic (exact) mass is 270 g/mol. The van der Waals surface area contributed by atoms with E-state index in [1.807, 2.05) is 13.8 Å². The van der Waals surface area contributed by atoms with Crippen LogP contribution in [0.25, 0.3) is 0 Å². The maximum Gasteiger partial charge on any atom is 0.269 e. The van der Waals surface area contributed by atoms with Gasteiger partial charge in [-0.05, 0) is 19.4 Å². The molecule has 5 nitrogen and oxygen atoms in total. The van der Waals surface area contributed by atoms with Crippen molar-refractivity contribution in [1.29, 1.82) is 0 Å². The van der Waals surface area contributed by atoms with Gasteiger partial charge in [-0.3, -0.25) is 14.3 Å². The highest BCUT2D eigenvalue weighted by molar-refractivity contribution is 7.84. The van der Waals surface area contributed by atoms with Gasteiger partial charge >= 0.3 is 0 Å². The summed E-state index contributed by atoms with van der Waals surface area (Å²) in [4.78, 5) is 10.1. The van der Waals surface area contributed by atoms with Crippen molar-refractivity contribution < 1.29 is 9.13 Å². The number of nitro benzene ring substituents is 1. The Labute approximate surface area is 109 Å². The van der Waals surface area contributed by atoms with E-state index in [0.717, 1.165) is 5.56 Å². The summed E-state index contributed by atoms with van der Waals surface area (Å²) in [5.74, 6) is 0. The van der Waals surface area contributed by atoms with E-state index < -0.39 is 15.7 Å². The van der Waals surface area contributed by atoms with Crippen LogP contribution in [0.2, 0.25) is 0 Å². The first-order valence-electron chi connectivity index (χ1n) is 5.71. The molecule has 0 bridgehead atoms. The van der Waals surface area contributed by atoms with Crippen molar-refractivity contribution in [2.24, 2.45) is 0 Å². The van der Waals surface area contributed by atoms with Crippen LogP contribution in [0, 0.1) is 10.1 Å². The van der Waals surface area contributed by atoms with Gasteiger partial charge in [0.25, 0.3) is 5.69 Å². The molecular formula is C12H18N2O3S. The number of rotatable bonds is 6. The molecule has 0 aromatic heterocycles. The van der Waals surface area contributed by atoms with Crippen molar-refractivity contribution in [2.45, 2.75) is 25.1 Å². The van der Waals surface area contributed by atoms with Gasteiger partial charge in [0, 0.05) is 47.0 Å². The van der Waals surface area contributed by atoms with Crippen molar-refractivity contribution in [3.63, 3.8) is 0 Å². The van der Waals surface area contributed by atoms with E-state index in [2.05, 4.69) is 5.32 Å². The highest BCUT2D eigenvalue weighted by Gasteiger charge is 2.11. The van der Waals surface area contributed by atoms with Gasteiger partial charge in [-0.15, -0.1) is 0 Å². The van der Waals surface area contributed by atoms with Crippen LogP contribution in [-0.2, 0) is 10.8 Å². The summed E-state index contributed by atoms with van der Waals surface area (Å²) in [6.07, 6.45) is 1.68. The van der Waals surface area contributed by atoms with E-state index in [4.69, 9.17) is 0 Å². The molecule has 1 N–H and O–H groups in total. The lowest BCUT2D eigenvalue weighted by Gasteiger charge is -2.16. The van der Waals surface area contributed by atoms with E-state index in [1.54, 1.807) is 18.4 Å². The normalized spacial score (nSPS) is 15.9. The predicted molar refractivity (Wildman–Crippen MR) is 73.0 cm³/mol. The lowest BCUT2D eigenvalue weighted by molar-refractivity contribution is -0.384. The Morgan fingerprint density at radius 2 is 1.89 bits per heavy atom. The Bertz CT molecular complexity index is 433. The summed E-state index contributed by atoms with van der Waals surface area (Å²) in [6.45, 7) is 4.55. The van der Waals surface area contributed by atoms with E-state index >= 15 is 0 Å². The van der Waals surface area contributed by atoms with Crippen molar-refractivity contribution in [1.82, 2.24) is 5.32 Å². The molecule has 0 radical (unpaired) electrons. The second-order valence-electron chi connectivity index (χ2n) is 4.29. The molecule has 3 atom stereocenters. The number of nitro groups is 1. The van der Waals surface area contributed by atoms with Crippen LogP contribution in [-0.4, -0.2) is 27.2 Å². The summed E-state index contributed by atoms with van der Waals surface area (Å²) in [5.41, 5.74) is 1.07.